The highest BCUT2D eigenvalue weighted by Crippen LogP contribution is 2.67. The van der Waals surface area contributed by atoms with E-state index in [0.717, 1.165) is 64.9 Å². The van der Waals surface area contributed by atoms with Crippen molar-refractivity contribution in [2.24, 2.45) is 70.5 Å². The lowest BCUT2D eigenvalue weighted by atomic mass is 9.50. The fourth-order valence-corrected chi connectivity index (χ4v) is 17.9. The normalized spacial score (nSPS) is 45.6. The molecule has 510 valence electrons. The summed E-state index contributed by atoms with van der Waals surface area (Å²) in [6, 6.07) is 0. The summed E-state index contributed by atoms with van der Waals surface area (Å²) >= 11 is 0. The Morgan fingerprint density at radius 3 is 1.26 bits per heavy atom. The molecule has 0 aromatic carbocycles. The number of carbonyl (C=O) groups excluding carboxylic acids is 7. The summed E-state index contributed by atoms with van der Waals surface area (Å²) in [6.45, 7) is 17.4. The van der Waals surface area contributed by atoms with Gasteiger partial charge in [0.2, 0.25) is 36.2 Å². The number of amides is 1. The number of ether oxygens (including phenoxy) is 13. The van der Waals surface area contributed by atoms with Gasteiger partial charge in [-0.25, -0.2) is 34.1 Å². The summed E-state index contributed by atoms with van der Waals surface area (Å²) < 4.78 is 78.2. The Morgan fingerprint density at radius 1 is 0.429 bits per heavy atom. The topological polar surface area (TPSA) is 307 Å². The van der Waals surface area contributed by atoms with Crippen molar-refractivity contribution in [3.05, 3.63) is 0 Å². The Labute approximate surface area is 529 Å². The fourth-order valence-electron chi connectivity index (χ4n) is 17.9. The Kier molecular flexibility index (Phi) is 18.3. The van der Waals surface area contributed by atoms with Crippen LogP contribution in [0.4, 0.5) is 4.79 Å². The van der Waals surface area contributed by atoms with E-state index in [4.69, 9.17) is 90.9 Å². The van der Waals surface area contributed by atoms with Crippen molar-refractivity contribution >= 4 is 41.9 Å². The van der Waals surface area contributed by atoms with E-state index in [-0.39, 0.29) is 41.4 Å². The number of fused-ring (bicyclic) bond motifs is 6. The highest BCUT2D eigenvalue weighted by molar-refractivity contribution is 5.79. The maximum Gasteiger partial charge on any atom is 0.407 e. The predicted octanol–water partition coefficient (Wildman–Crippen LogP) is 7.70. The first kappa shape index (κ1) is 66.6. The number of alkyl carbamates (subject to hydrolysis) is 1. The second-order valence-corrected chi connectivity index (χ2v) is 29.3. The van der Waals surface area contributed by atoms with Gasteiger partial charge in [-0.3, -0.25) is 28.8 Å². The van der Waals surface area contributed by atoms with E-state index in [0.29, 0.717) is 37.0 Å². The van der Waals surface area contributed by atoms with Gasteiger partial charge in [-0.1, -0.05) is 48.5 Å². The number of hydrogen-bond donors (Lipinski definition) is 1. The molecular weight excluding hydrogens is 1200 g/mol. The molecule has 0 unspecified atom stereocenters. The molecule has 12 aliphatic heterocycles. The molecule has 27 heteroatoms. The van der Waals surface area contributed by atoms with Crippen LogP contribution in [0, 0.1) is 70.5 Å². The smallest absolute Gasteiger partial charge is 0.407 e. The molecule has 1 amide bonds. The summed E-state index contributed by atoms with van der Waals surface area (Å²) in [4.78, 5) is 132. The lowest BCUT2D eigenvalue weighted by Crippen LogP contribution is -2.74. The molecule has 15 fully saturated rings. The molecule has 12 heterocycles. The van der Waals surface area contributed by atoms with E-state index in [9.17, 15) is 33.6 Å². The molecule has 15 aliphatic rings. The SMILES string of the molecule is COC(=O)NC(COC(=O)CCC(=O)O[C@@H]1O[C@@H]2O[C@]3(C)CC[C@H]4[C@H](C)CC[C@@H]([C@H]1C)[C@@]24OO3)(COC(=O)CCC(=O)O[C@@H]1O[C@@H]2O[C@]3(C)CC[C@H]4[C@H](C)CC[C@@H]([C@H]1C)[C@@]24OO3)COC(=O)CCC(=O)O[C@@H]1O[C@@H]2O[C@]3(C)CC[C@H]4[C@H](C)CC[C@@](C)([C@H]1C)[C@@]24OO3. The van der Waals surface area contributed by atoms with Crippen molar-refractivity contribution in [3.8, 4) is 0 Å². The maximum atomic E-state index is 13.7. The standard InChI is InChI=1S/C64H93NO26/c1-33-12-14-42-36(4)50(80-53-62(42)39(33)23-27-58(8,83-53)86-89-62)77-47(69)19-16-44(66)74-30-61(65-56(72)73-11,31-75-45(67)17-20-48(70)78-51-37(5)43-15-13-34(2)40-24-28-59(9)84-54(81-51)63(40,43)90-87-59)32-76-46(68)18-21-49(71)79-52-38(6)57(7)26-22-35(3)41-25-29-60(10)85-55(82-52)64(41,57)91-88-60/h33-43,50-55H,12-32H2,1-11H3,(H,65,72)/t33-,34-,35-,36-,37-,38+,39+,40+,41+,42+,43+,50-,51-,52-,53-,54-,55-,57+,58+,59+,60+,62-,63-,64+/m1/s1. The number of hydrogen-bond acceptors (Lipinski definition) is 26. The van der Waals surface area contributed by atoms with Crippen LogP contribution in [0.3, 0.4) is 0 Å². The summed E-state index contributed by atoms with van der Waals surface area (Å²) in [5.74, 6) is -8.60. The van der Waals surface area contributed by atoms with Crippen LogP contribution in [0.25, 0.3) is 0 Å². The highest BCUT2D eigenvalue weighted by Gasteiger charge is 2.76. The van der Waals surface area contributed by atoms with E-state index in [1.165, 1.54) is 0 Å². The summed E-state index contributed by atoms with van der Waals surface area (Å²) in [6.07, 6.45) is -0.723. The molecule has 27 nitrogen and oxygen atoms in total. The average Bonchev–Trinajstić information content (AvgIpc) is 1.70. The first-order valence-electron chi connectivity index (χ1n) is 33.1. The Balaban J connectivity index is 0.682. The van der Waals surface area contributed by atoms with Crippen molar-refractivity contribution in [1.82, 2.24) is 5.32 Å². The van der Waals surface area contributed by atoms with Crippen molar-refractivity contribution in [2.75, 3.05) is 26.9 Å². The van der Waals surface area contributed by atoms with E-state index in [1.807, 2.05) is 20.8 Å². The monoisotopic (exact) mass is 1290 g/mol. The van der Waals surface area contributed by atoms with Gasteiger partial charge >= 0.3 is 41.9 Å². The molecule has 0 radical (unpaired) electrons. The van der Waals surface area contributed by atoms with Gasteiger partial charge in [0.15, 0.2) is 35.7 Å². The number of nitrogens with one attached hydrogen (secondary N) is 1. The molecule has 0 aromatic rings. The van der Waals surface area contributed by atoms with Crippen LogP contribution < -0.4 is 5.32 Å². The highest BCUT2D eigenvalue weighted by atomic mass is 17.3. The van der Waals surface area contributed by atoms with Gasteiger partial charge in [-0.15, -0.1) is 0 Å². The van der Waals surface area contributed by atoms with Crippen molar-refractivity contribution < 1.29 is 124 Å². The molecule has 3 spiro atoms. The Morgan fingerprint density at radius 2 is 0.813 bits per heavy atom. The van der Waals surface area contributed by atoms with E-state index in [1.54, 1.807) is 20.8 Å². The minimum atomic E-state index is -2.06. The largest absolute Gasteiger partial charge is 0.463 e. The third-order valence-corrected chi connectivity index (χ3v) is 23.5. The van der Waals surface area contributed by atoms with Crippen LogP contribution in [-0.4, -0.2) is 146 Å². The second kappa shape index (κ2) is 25.0. The molecule has 6 bridgehead atoms. The van der Waals surface area contributed by atoms with Crippen molar-refractivity contribution in [3.63, 3.8) is 0 Å². The number of carbonyl (C=O) groups is 7. The summed E-state index contributed by atoms with van der Waals surface area (Å²) in [5.41, 5.74) is -5.41. The Bertz CT molecular complexity index is 2680. The minimum Gasteiger partial charge on any atom is -0.463 e. The van der Waals surface area contributed by atoms with E-state index >= 15 is 0 Å². The fraction of sp³-hybridized carbons (Fsp3) is 0.891. The van der Waals surface area contributed by atoms with Gasteiger partial charge in [0.05, 0.1) is 45.6 Å². The zero-order chi connectivity index (χ0) is 64.8. The van der Waals surface area contributed by atoms with Crippen molar-refractivity contribution in [1.29, 1.82) is 0 Å². The number of rotatable bonds is 19. The zero-order valence-corrected chi connectivity index (χ0v) is 54.3. The molecule has 0 aromatic heterocycles. The maximum absolute atomic E-state index is 13.7. The van der Waals surface area contributed by atoms with Crippen LogP contribution in [0.15, 0.2) is 0 Å². The zero-order valence-electron chi connectivity index (χ0n) is 54.3. The third kappa shape index (κ3) is 11.9. The van der Waals surface area contributed by atoms with Crippen LogP contribution >= 0.6 is 0 Å². The minimum absolute atomic E-state index is 0.0505. The van der Waals surface area contributed by atoms with Gasteiger partial charge in [-0.05, 0) is 114 Å². The van der Waals surface area contributed by atoms with E-state index < -0.39 is 189 Å². The molecule has 1 N–H and O–H groups in total. The first-order chi connectivity index (χ1) is 43.1. The molecule has 3 saturated carbocycles. The second-order valence-electron chi connectivity index (χ2n) is 29.3. The molecule has 15 rings (SSSR count). The van der Waals surface area contributed by atoms with Gasteiger partial charge < -0.3 is 66.9 Å². The first-order valence-corrected chi connectivity index (χ1v) is 33.1. The molecule has 3 aliphatic carbocycles. The lowest BCUT2D eigenvalue weighted by Gasteiger charge is -2.65. The van der Waals surface area contributed by atoms with Gasteiger partial charge in [-0.2, -0.15) is 0 Å². The number of methoxy groups -OCH3 is 1. The van der Waals surface area contributed by atoms with Crippen LogP contribution in [0.1, 0.15) is 185 Å². The number of esters is 6. The van der Waals surface area contributed by atoms with Crippen LogP contribution in [0.5, 0.6) is 0 Å². The van der Waals surface area contributed by atoms with Gasteiger partial charge in [0.1, 0.15) is 25.4 Å². The Hall–Kier alpha value is -4.39. The summed E-state index contributed by atoms with van der Waals surface area (Å²) in [7, 11) is 1.06. The van der Waals surface area contributed by atoms with Gasteiger partial charge in [0.25, 0.3) is 0 Å². The predicted molar refractivity (Wildman–Crippen MR) is 302 cm³/mol. The van der Waals surface area contributed by atoms with Crippen LogP contribution in [-0.2, 0) is 120 Å². The van der Waals surface area contributed by atoms with Crippen molar-refractivity contribution in [2.45, 2.75) is 262 Å². The lowest BCUT2D eigenvalue weighted by molar-refractivity contribution is -0.586. The molecule has 91 heavy (non-hydrogen) atoms. The van der Waals surface area contributed by atoms with Crippen LogP contribution in [0.2, 0.25) is 0 Å². The molecular formula is C64H93NO26. The van der Waals surface area contributed by atoms with E-state index in [2.05, 4.69) is 33.0 Å². The molecule has 24 atom stereocenters. The molecule has 12 saturated heterocycles. The van der Waals surface area contributed by atoms with Gasteiger partial charge in [0, 0.05) is 54.3 Å². The quantitative estimate of drug-likeness (QED) is 0.0735. The third-order valence-electron chi connectivity index (χ3n) is 23.5. The average molecular weight is 1290 g/mol. The summed E-state index contributed by atoms with van der Waals surface area (Å²) in [5, 5.41) is 2.49.